The van der Waals surface area contributed by atoms with Gasteiger partial charge >= 0.3 is 0 Å². The number of hydrogen-bond acceptors (Lipinski definition) is 4. The number of aryl methyl sites for hydroxylation is 2. The van der Waals surface area contributed by atoms with Gasteiger partial charge in [-0.2, -0.15) is 4.31 Å². The molecule has 0 aromatic heterocycles. The second-order valence-corrected chi connectivity index (χ2v) is 9.18. The Morgan fingerprint density at radius 2 is 1.71 bits per heavy atom. The molecule has 1 heterocycles. The summed E-state index contributed by atoms with van der Waals surface area (Å²) in [5, 5.41) is 0. The Morgan fingerprint density at radius 1 is 1.00 bits per heavy atom. The zero-order valence-corrected chi connectivity index (χ0v) is 17.8. The summed E-state index contributed by atoms with van der Waals surface area (Å²) in [5.74, 6) is 1.63. The fourth-order valence-corrected chi connectivity index (χ4v) is 5.38. The van der Waals surface area contributed by atoms with Crippen molar-refractivity contribution in [3.8, 4) is 11.5 Å². The van der Waals surface area contributed by atoms with Crippen LogP contribution in [0.5, 0.6) is 11.5 Å². The van der Waals surface area contributed by atoms with Gasteiger partial charge in [0.05, 0.1) is 50.9 Å². The van der Waals surface area contributed by atoms with Crippen molar-refractivity contribution in [1.29, 1.82) is 0 Å². The van der Waals surface area contributed by atoms with Crippen LogP contribution in [0.2, 0.25) is 0 Å². The van der Waals surface area contributed by atoms with Crippen molar-refractivity contribution in [1.82, 2.24) is 4.31 Å². The van der Waals surface area contributed by atoms with Crippen molar-refractivity contribution < 1.29 is 22.8 Å². The summed E-state index contributed by atoms with van der Waals surface area (Å²) < 4.78 is 38.6. The Labute approximate surface area is 167 Å². The van der Waals surface area contributed by atoms with Crippen LogP contribution in [-0.2, 0) is 16.6 Å². The minimum atomic E-state index is -3.46. The molecule has 28 heavy (non-hydrogen) atoms. The van der Waals surface area contributed by atoms with Crippen molar-refractivity contribution in [2.45, 2.75) is 25.3 Å². The van der Waals surface area contributed by atoms with Gasteiger partial charge in [0.25, 0.3) is 0 Å². The molecule has 0 saturated carbocycles. The number of sulfonamides is 1. The third kappa shape index (κ3) is 4.32. The van der Waals surface area contributed by atoms with E-state index >= 15 is 0 Å². The van der Waals surface area contributed by atoms with Gasteiger partial charge in [-0.05, 0) is 49.2 Å². The lowest BCUT2D eigenvalue weighted by Crippen LogP contribution is -3.13. The van der Waals surface area contributed by atoms with E-state index in [4.69, 9.17) is 9.47 Å². The van der Waals surface area contributed by atoms with Crippen LogP contribution < -0.4 is 14.4 Å². The van der Waals surface area contributed by atoms with Gasteiger partial charge in [-0.25, -0.2) is 8.42 Å². The maximum atomic E-state index is 13.1. The van der Waals surface area contributed by atoms with Crippen LogP contribution in [0.3, 0.4) is 0 Å². The number of quaternary nitrogens is 1. The number of benzene rings is 2. The van der Waals surface area contributed by atoms with Crippen LogP contribution in [0.1, 0.15) is 16.7 Å². The second kappa shape index (κ2) is 8.51. The molecule has 0 unspecified atom stereocenters. The molecule has 7 heteroatoms. The lowest BCUT2D eigenvalue weighted by atomic mass is 10.1. The maximum Gasteiger partial charge on any atom is 0.243 e. The summed E-state index contributed by atoms with van der Waals surface area (Å²) in [4.78, 5) is 1.75. The Balaban J connectivity index is 1.70. The average molecular weight is 406 g/mol. The summed E-state index contributed by atoms with van der Waals surface area (Å²) in [6.45, 7) is 7.08. The molecular weight excluding hydrogens is 376 g/mol. The Kier molecular flexibility index (Phi) is 6.27. The molecule has 1 aliphatic rings. The third-order valence-electron chi connectivity index (χ3n) is 5.32. The lowest BCUT2D eigenvalue weighted by molar-refractivity contribution is -0.917. The molecule has 1 saturated heterocycles. The quantitative estimate of drug-likeness (QED) is 0.790. The van der Waals surface area contributed by atoms with Gasteiger partial charge in [0.2, 0.25) is 10.0 Å². The fraction of sp³-hybridized carbons (Fsp3) is 0.429. The molecule has 152 valence electrons. The van der Waals surface area contributed by atoms with Gasteiger partial charge in [-0.1, -0.05) is 12.1 Å². The number of ether oxygens (including phenoxy) is 2. The maximum absolute atomic E-state index is 13.1. The minimum Gasteiger partial charge on any atom is -0.497 e. The average Bonchev–Trinajstić information content (AvgIpc) is 2.70. The molecule has 6 nitrogen and oxygen atoms in total. The molecule has 3 rings (SSSR count). The van der Waals surface area contributed by atoms with Crippen LogP contribution in [0.25, 0.3) is 0 Å². The zero-order valence-electron chi connectivity index (χ0n) is 17.0. The summed E-state index contributed by atoms with van der Waals surface area (Å²) in [5.41, 5.74) is 2.82. The largest absolute Gasteiger partial charge is 0.497 e. The molecule has 1 fully saturated rings. The number of piperazine rings is 1. The fourth-order valence-electron chi connectivity index (χ4n) is 3.63. The molecular formula is C21H29N2O4S+. The van der Waals surface area contributed by atoms with Gasteiger partial charge < -0.3 is 14.4 Å². The molecule has 0 atom stereocenters. The number of rotatable bonds is 6. The molecule has 0 spiro atoms. The van der Waals surface area contributed by atoms with Crippen LogP contribution in [-0.4, -0.2) is 53.1 Å². The highest BCUT2D eigenvalue weighted by Crippen LogP contribution is 2.24. The molecule has 2 aromatic carbocycles. The highest BCUT2D eigenvalue weighted by Gasteiger charge is 2.31. The van der Waals surface area contributed by atoms with Gasteiger partial charge in [-0.3, -0.25) is 0 Å². The first kappa shape index (κ1) is 20.6. The first-order valence-electron chi connectivity index (χ1n) is 9.47. The van der Waals surface area contributed by atoms with Gasteiger partial charge in [0.15, 0.2) is 0 Å². The topological polar surface area (TPSA) is 60.3 Å². The monoisotopic (exact) mass is 405 g/mol. The van der Waals surface area contributed by atoms with E-state index in [1.807, 2.05) is 44.2 Å². The van der Waals surface area contributed by atoms with E-state index in [2.05, 4.69) is 0 Å². The van der Waals surface area contributed by atoms with E-state index in [-0.39, 0.29) is 0 Å². The van der Waals surface area contributed by atoms with E-state index in [0.717, 1.165) is 47.8 Å². The summed E-state index contributed by atoms with van der Waals surface area (Å²) in [6, 6.07) is 11.4. The van der Waals surface area contributed by atoms with E-state index in [1.165, 1.54) is 4.90 Å². The van der Waals surface area contributed by atoms with E-state index in [0.29, 0.717) is 18.0 Å². The predicted octanol–water partition coefficient (Wildman–Crippen LogP) is 1.41. The normalized spacial score (nSPS) is 16.1. The van der Waals surface area contributed by atoms with Crippen molar-refractivity contribution >= 4 is 10.0 Å². The number of nitrogens with zero attached hydrogens (tertiary/aromatic N) is 1. The molecule has 0 amide bonds. The molecule has 1 N–H and O–H groups in total. The van der Waals surface area contributed by atoms with Crippen molar-refractivity contribution in [3.63, 3.8) is 0 Å². The van der Waals surface area contributed by atoms with Crippen LogP contribution >= 0.6 is 0 Å². The highest BCUT2D eigenvalue weighted by atomic mass is 32.2. The van der Waals surface area contributed by atoms with Crippen molar-refractivity contribution in [2.75, 3.05) is 40.4 Å². The molecule has 0 aliphatic carbocycles. The standard InChI is InChI=1S/C21H28N2O4S/c1-16-5-6-17(2)21(13-16)28(24,25)23-11-9-22(10-12-23)15-18-14-19(26-3)7-8-20(18)27-4/h5-8,13-14H,9-12,15H2,1-4H3/p+1. The third-order valence-corrected chi connectivity index (χ3v) is 7.36. The summed E-state index contributed by atoms with van der Waals surface area (Å²) in [6.07, 6.45) is 0. The highest BCUT2D eigenvalue weighted by molar-refractivity contribution is 7.89. The predicted molar refractivity (Wildman–Crippen MR) is 109 cm³/mol. The summed E-state index contributed by atoms with van der Waals surface area (Å²) >= 11 is 0. The van der Waals surface area contributed by atoms with Crippen molar-refractivity contribution in [2.24, 2.45) is 0 Å². The smallest absolute Gasteiger partial charge is 0.243 e. The molecule has 0 radical (unpaired) electrons. The SMILES string of the molecule is COc1ccc(OC)c(C[NH+]2CCN(S(=O)(=O)c3cc(C)ccc3C)CC2)c1. The molecule has 1 aliphatic heterocycles. The van der Waals surface area contributed by atoms with Gasteiger partial charge in [0, 0.05) is 0 Å². The first-order chi connectivity index (χ1) is 13.3. The first-order valence-corrected chi connectivity index (χ1v) is 10.9. The van der Waals surface area contributed by atoms with E-state index < -0.39 is 10.0 Å². The Morgan fingerprint density at radius 3 is 2.36 bits per heavy atom. The van der Waals surface area contributed by atoms with Crippen LogP contribution in [0.15, 0.2) is 41.3 Å². The van der Waals surface area contributed by atoms with E-state index in [9.17, 15) is 8.42 Å². The van der Waals surface area contributed by atoms with Crippen LogP contribution in [0.4, 0.5) is 0 Å². The Bertz CT molecular complexity index is 935. The van der Waals surface area contributed by atoms with Crippen LogP contribution in [0, 0.1) is 13.8 Å². The second-order valence-electron chi connectivity index (χ2n) is 7.28. The van der Waals surface area contributed by atoms with E-state index in [1.54, 1.807) is 24.6 Å². The number of hydrogen-bond donors (Lipinski definition) is 1. The number of nitrogens with one attached hydrogen (secondary N) is 1. The van der Waals surface area contributed by atoms with Gasteiger partial charge in [0.1, 0.15) is 18.0 Å². The minimum absolute atomic E-state index is 0.422. The lowest BCUT2D eigenvalue weighted by Gasteiger charge is -2.32. The van der Waals surface area contributed by atoms with Crippen molar-refractivity contribution in [3.05, 3.63) is 53.1 Å². The molecule has 2 aromatic rings. The van der Waals surface area contributed by atoms with Gasteiger partial charge in [-0.15, -0.1) is 0 Å². The number of methoxy groups -OCH3 is 2. The Hall–Kier alpha value is -2.09. The molecule has 0 bridgehead atoms. The summed E-state index contributed by atoms with van der Waals surface area (Å²) in [7, 11) is -0.149. The zero-order chi connectivity index (χ0) is 20.3.